The SMILES string of the molecule is O=C1Nc2ccc([N+](=O)[O-])cc2C1=Cc1ccccc1[N+](=O)[O-]. The average Bonchev–Trinajstić information content (AvgIpc) is 2.83. The lowest BCUT2D eigenvalue weighted by Crippen LogP contribution is -2.03. The summed E-state index contributed by atoms with van der Waals surface area (Å²) in [5.41, 5.74) is 0.883. The summed E-state index contributed by atoms with van der Waals surface area (Å²) in [4.78, 5) is 32.9. The lowest BCUT2D eigenvalue weighted by atomic mass is 10.0. The largest absolute Gasteiger partial charge is 0.321 e. The molecule has 3 rings (SSSR count). The number of hydrogen-bond donors (Lipinski definition) is 1. The summed E-state index contributed by atoms with van der Waals surface area (Å²) < 4.78 is 0. The van der Waals surface area contributed by atoms with Crippen LogP contribution in [0.5, 0.6) is 0 Å². The van der Waals surface area contributed by atoms with Gasteiger partial charge in [-0.15, -0.1) is 0 Å². The molecule has 8 nitrogen and oxygen atoms in total. The van der Waals surface area contributed by atoms with Gasteiger partial charge < -0.3 is 5.32 Å². The maximum absolute atomic E-state index is 12.1. The summed E-state index contributed by atoms with van der Waals surface area (Å²) in [7, 11) is 0. The molecular formula is C15H9N3O5. The normalized spacial score (nSPS) is 14.4. The first-order chi connectivity index (χ1) is 11.0. The first-order valence-electron chi connectivity index (χ1n) is 6.52. The summed E-state index contributed by atoms with van der Waals surface area (Å²) >= 11 is 0. The van der Waals surface area contributed by atoms with Gasteiger partial charge in [0.2, 0.25) is 0 Å². The molecule has 23 heavy (non-hydrogen) atoms. The van der Waals surface area contributed by atoms with Crippen LogP contribution in [-0.4, -0.2) is 15.8 Å². The first-order valence-corrected chi connectivity index (χ1v) is 6.52. The van der Waals surface area contributed by atoms with E-state index in [1.165, 1.54) is 42.5 Å². The number of rotatable bonds is 3. The molecule has 0 saturated carbocycles. The Bertz CT molecular complexity index is 888. The van der Waals surface area contributed by atoms with E-state index in [4.69, 9.17) is 0 Å². The molecule has 0 spiro atoms. The second kappa shape index (κ2) is 5.34. The fourth-order valence-electron chi connectivity index (χ4n) is 2.36. The van der Waals surface area contributed by atoms with Crippen LogP contribution in [0.25, 0.3) is 11.6 Å². The van der Waals surface area contributed by atoms with E-state index in [9.17, 15) is 25.0 Å². The molecule has 0 aliphatic carbocycles. The second-order valence-electron chi connectivity index (χ2n) is 4.82. The molecule has 1 N–H and O–H groups in total. The third-order valence-electron chi connectivity index (χ3n) is 3.43. The number of non-ortho nitro benzene ring substituents is 1. The number of anilines is 1. The third-order valence-corrected chi connectivity index (χ3v) is 3.43. The number of fused-ring (bicyclic) bond motifs is 1. The molecule has 1 heterocycles. The minimum atomic E-state index is -0.564. The predicted molar refractivity (Wildman–Crippen MR) is 82.7 cm³/mol. The summed E-state index contributed by atoms with van der Waals surface area (Å²) in [6.45, 7) is 0. The highest BCUT2D eigenvalue weighted by molar-refractivity contribution is 6.35. The van der Waals surface area contributed by atoms with Gasteiger partial charge >= 0.3 is 0 Å². The Morgan fingerprint density at radius 1 is 1.00 bits per heavy atom. The van der Waals surface area contributed by atoms with Gasteiger partial charge in [-0.05, 0) is 18.2 Å². The lowest BCUT2D eigenvalue weighted by molar-refractivity contribution is -0.385. The van der Waals surface area contributed by atoms with Crippen LogP contribution in [0.2, 0.25) is 0 Å². The van der Waals surface area contributed by atoms with E-state index in [-0.39, 0.29) is 22.5 Å². The molecule has 1 amide bonds. The van der Waals surface area contributed by atoms with Crippen LogP contribution in [-0.2, 0) is 4.79 Å². The zero-order valence-electron chi connectivity index (χ0n) is 11.6. The van der Waals surface area contributed by atoms with Crippen molar-refractivity contribution in [2.24, 2.45) is 0 Å². The van der Waals surface area contributed by atoms with Crippen molar-refractivity contribution in [1.29, 1.82) is 0 Å². The van der Waals surface area contributed by atoms with E-state index in [0.29, 0.717) is 11.3 Å². The van der Waals surface area contributed by atoms with Crippen molar-refractivity contribution >= 4 is 34.6 Å². The number of amides is 1. The van der Waals surface area contributed by atoms with Crippen LogP contribution in [0.4, 0.5) is 17.1 Å². The number of nitrogens with zero attached hydrogens (tertiary/aromatic N) is 2. The number of nitro groups is 2. The van der Waals surface area contributed by atoms with Gasteiger partial charge in [0.1, 0.15) is 0 Å². The van der Waals surface area contributed by atoms with Crippen LogP contribution in [0.1, 0.15) is 11.1 Å². The molecular weight excluding hydrogens is 302 g/mol. The topological polar surface area (TPSA) is 115 Å². The fourth-order valence-corrected chi connectivity index (χ4v) is 2.36. The van der Waals surface area contributed by atoms with Crippen LogP contribution < -0.4 is 5.32 Å². The van der Waals surface area contributed by atoms with Gasteiger partial charge in [0, 0.05) is 29.4 Å². The highest BCUT2D eigenvalue weighted by atomic mass is 16.6. The highest BCUT2D eigenvalue weighted by Gasteiger charge is 2.27. The smallest absolute Gasteiger partial charge is 0.276 e. The number of carbonyl (C=O) groups excluding carboxylic acids is 1. The Balaban J connectivity index is 2.16. The third kappa shape index (κ3) is 2.53. The summed E-state index contributed by atoms with van der Waals surface area (Å²) in [6, 6.07) is 9.96. The Morgan fingerprint density at radius 3 is 2.43 bits per heavy atom. The summed E-state index contributed by atoms with van der Waals surface area (Å²) in [5, 5.41) is 24.5. The van der Waals surface area contributed by atoms with E-state index in [2.05, 4.69) is 5.32 Å². The highest BCUT2D eigenvalue weighted by Crippen LogP contribution is 2.36. The molecule has 8 heteroatoms. The van der Waals surface area contributed by atoms with Crippen molar-refractivity contribution in [2.75, 3.05) is 5.32 Å². The van der Waals surface area contributed by atoms with E-state index in [0.717, 1.165) is 0 Å². The minimum Gasteiger partial charge on any atom is -0.321 e. The van der Waals surface area contributed by atoms with Crippen molar-refractivity contribution in [1.82, 2.24) is 0 Å². The average molecular weight is 311 g/mol. The summed E-state index contributed by atoms with van der Waals surface area (Å²) in [6.07, 6.45) is 1.36. The minimum absolute atomic E-state index is 0.147. The molecule has 0 bridgehead atoms. The van der Waals surface area contributed by atoms with E-state index in [1.807, 2.05) is 0 Å². The molecule has 0 fully saturated rings. The molecule has 0 unspecified atom stereocenters. The van der Waals surface area contributed by atoms with Gasteiger partial charge in [0.15, 0.2) is 0 Å². The molecule has 0 aromatic heterocycles. The van der Waals surface area contributed by atoms with Gasteiger partial charge in [-0.2, -0.15) is 0 Å². The van der Waals surface area contributed by atoms with Crippen molar-refractivity contribution in [3.05, 3.63) is 73.8 Å². The van der Waals surface area contributed by atoms with Gasteiger partial charge in [-0.3, -0.25) is 25.0 Å². The van der Waals surface area contributed by atoms with Crippen LogP contribution >= 0.6 is 0 Å². The van der Waals surface area contributed by atoms with Gasteiger partial charge in [-0.25, -0.2) is 0 Å². The quantitative estimate of drug-likeness (QED) is 0.531. The molecule has 1 aliphatic heterocycles. The Hall–Kier alpha value is -3.55. The zero-order valence-corrected chi connectivity index (χ0v) is 11.6. The van der Waals surface area contributed by atoms with Crippen molar-refractivity contribution in [3.63, 3.8) is 0 Å². The van der Waals surface area contributed by atoms with Crippen molar-refractivity contribution < 1.29 is 14.6 Å². The van der Waals surface area contributed by atoms with E-state index in [1.54, 1.807) is 6.07 Å². The Labute approximate surface area is 129 Å². The van der Waals surface area contributed by atoms with Gasteiger partial charge in [-0.1, -0.05) is 12.1 Å². The molecule has 114 valence electrons. The summed E-state index contributed by atoms with van der Waals surface area (Å²) in [5.74, 6) is -0.460. The maximum atomic E-state index is 12.1. The number of carbonyl (C=O) groups is 1. The van der Waals surface area contributed by atoms with E-state index >= 15 is 0 Å². The molecule has 2 aromatic rings. The second-order valence-corrected chi connectivity index (χ2v) is 4.82. The number of hydrogen-bond acceptors (Lipinski definition) is 5. The molecule has 2 aromatic carbocycles. The maximum Gasteiger partial charge on any atom is 0.276 e. The van der Waals surface area contributed by atoms with Crippen molar-refractivity contribution in [2.45, 2.75) is 0 Å². The molecule has 0 radical (unpaired) electrons. The number of nitrogens with one attached hydrogen (secondary N) is 1. The number of nitro benzene ring substituents is 2. The zero-order chi connectivity index (χ0) is 16.6. The van der Waals surface area contributed by atoms with Crippen LogP contribution in [0.3, 0.4) is 0 Å². The lowest BCUT2D eigenvalue weighted by Gasteiger charge is -2.00. The fraction of sp³-hybridized carbons (Fsp3) is 0. The van der Waals surface area contributed by atoms with Gasteiger partial charge in [0.25, 0.3) is 17.3 Å². The van der Waals surface area contributed by atoms with Crippen LogP contribution in [0, 0.1) is 20.2 Å². The van der Waals surface area contributed by atoms with Crippen LogP contribution in [0.15, 0.2) is 42.5 Å². The standard InChI is InChI=1S/C15H9N3O5/c19-15-12(7-9-3-1-2-4-14(9)18(22)23)11-8-10(17(20)21)5-6-13(11)16-15/h1-8H,(H,16,19). The molecule has 0 atom stereocenters. The number of para-hydroxylation sites is 1. The molecule has 1 aliphatic rings. The molecule has 0 saturated heterocycles. The monoisotopic (exact) mass is 311 g/mol. The van der Waals surface area contributed by atoms with E-state index < -0.39 is 15.8 Å². The number of benzene rings is 2. The van der Waals surface area contributed by atoms with Gasteiger partial charge in [0.05, 0.1) is 21.0 Å². The first kappa shape index (κ1) is 14.4. The van der Waals surface area contributed by atoms with Crippen molar-refractivity contribution in [3.8, 4) is 0 Å². The Morgan fingerprint density at radius 2 is 1.74 bits per heavy atom. The predicted octanol–water partition coefficient (Wildman–Crippen LogP) is 3.00. The Kier molecular flexibility index (Phi) is 3.34.